The van der Waals surface area contributed by atoms with Crippen molar-refractivity contribution in [3.05, 3.63) is 23.8 Å². The number of ether oxygens (including phenoxy) is 1. The monoisotopic (exact) mass is 276 g/mol. The van der Waals surface area contributed by atoms with Gasteiger partial charge in [-0.15, -0.1) is 0 Å². The number of amides is 2. The van der Waals surface area contributed by atoms with Crippen LogP contribution in [0.4, 0.5) is 5.69 Å². The highest BCUT2D eigenvalue weighted by atomic mass is 16.5. The number of methoxy groups -OCH3 is 1. The molecule has 5 heteroatoms. The maximum atomic E-state index is 12.2. The van der Waals surface area contributed by atoms with Crippen LogP contribution in [0.1, 0.15) is 12.0 Å². The lowest BCUT2D eigenvalue weighted by atomic mass is 10.1. The smallest absolute Gasteiger partial charge is 0.227 e. The minimum Gasteiger partial charge on any atom is -0.495 e. The molecule has 0 bridgehead atoms. The van der Waals surface area contributed by atoms with Crippen LogP contribution in [0.25, 0.3) is 0 Å². The minimum atomic E-state index is -0.275. The molecule has 1 aliphatic rings. The van der Waals surface area contributed by atoms with Crippen LogP contribution < -0.4 is 9.64 Å². The van der Waals surface area contributed by atoms with E-state index in [0.29, 0.717) is 12.3 Å². The number of benzene rings is 1. The quantitative estimate of drug-likeness (QED) is 0.839. The fourth-order valence-electron chi connectivity index (χ4n) is 2.48. The fourth-order valence-corrected chi connectivity index (χ4v) is 2.48. The van der Waals surface area contributed by atoms with E-state index in [1.165, 1.54) is 4.90 Å². The zero-order valence-electron chi connectivity index (χ0n) is 12.3. The first-order valence-electron chi connectivity index (χ1n) is 6.60. The number of aryl methyl sites for hydroxylation is 1. The van der Waals surface area contributed by atoms with Crippen molar-refractivity contribution < 1.29 is 14.3 Å². The Balaban J connectivity index is 2.28. The number of hydrogen-bond acceptors (Lipinski definition) is 3. The molecule has 1 aromatic carbocycles. The van der Waals surface area contributed by atoms with E-state index in [1.54, 1.807) is 26.1 Å². The van der Waals surface area contributed by atoms with E-state index in [2.05, 4.69) is 0 Å². The van der Waals surface area contributed by atoms with Crippen molar-refractivity contribution >= 4 is 17.5 Å². The molecule has 1 fully saturated rings. The summed E-state index contributed by atoms with van der Waals surface area (Å²) in [6.45, 7) is 2.38. The van der Waals surface area contributed by atoms with Crippen LogP contribution >= 0.6 is 0 Å². The lowest BCUT2D eigenvalue weighted by molar-refractivity contribution is -0.133. The third kappa shape index (κ3) is 2.61. The molecule has 0 aromatic heterocycles. The topological polar surface area (TPSA) is 49.9 Å². The van der Waals surface area contributed by atoms with Crippen molar-refractivity contribution in [2.75, 3.05) is 32.6 Å². The van der Waals surface area contributed by atoms with Gasteiger partial charge in [0, 0.05) is 27.1 Å². The number of rotatable bonds is 3. The predicted molar refractivity (Wildman–Crippen MR) is 76.9 cm³/mol. The van der Waals surface area contributed by atoms with Gasteiger partial charge in [-0.3, -0.25) is 9.59 Å². The van der Waals surface area contributed by atoms with Crippen LogP contribution in [-0.2, 0) is 9.59 Å². The second-order valence-electron chi connectivity index (χ2n) is 5.31. The molecule has 0 aliphatic carbocycles. The Morgan fingerprint density at radius 1 is 1.40 bits per heavy atom. The second-order valence-corrected chi connectivity index (χ2v) is 5.31. The van der Waals surface area contributed by atoms with E-state index in [1.807, 2.05) is 25.1 Å². The van der Waals surface area contributed by atoms with Crippen LogP contribution in [0.5, 0.6) is 5.75 Å². The van der Waals surface area contributed by atoms with Gasteiger partial charge in [-0.05, 0) is 24.6 Å². The summed E-state index contributed by atoms with van der Waals surface area (Å²) in [5, 5.41) is 0. The van der Waals surface area contributed by atoms with Crippen molar-refractivity contribution in [2.24, 2.45) is 5.92 Å². The molecule has 0 N–H and O–H groups in total. The molecule has 0 radical (unpaired) electrons. The van der Waals surface area contributed by atoms with Crippen LogP contribution in [0.2, 0.25) is 0 Å². The zero-order chi connectivity index (χ0) is 14.9. The molecule has 1 atom stereocenters. The normalized spacial score (nSPS) is 18.3. The molecule has 5 nitrogen and oxygen atoms in total. The molecule has 2 rings (SSSR count). The van der Waals surface area contributed by atoms with Gasteiger partial charge in [0.15, 0.2) is 0 Å². The Kier molecular flexibility index (Phi) is 3.97. The summed E-state index contributed by atoms with van der Waals surface area (Å²) in [5.41, 5.74) is 1.79. The van der Waals surface area contributed by atoms with Gasteiger partial charge < -0.3 is 14.5 Å². The molecule has 20 heavy (non-hydrogen) atoms. The Hall–Kier alpha value is -2.04. The molecule has 0 saturated carbocycles. The summed E-state index contributed by atoms with van der Waals surface area (Å²) >= 11 is 0. The lowest BCUT2D eigenvalue weighted by Crippen LogP contribution is -2.32. The zero-order valence-corrected chi connectivity index (χ0v) is 12.3. The van der Waals surface area contributed by atoms with E-state index in [4.69, 9.17) is 4.74 Å². The van der Waals surface area contributed by atoms with E-state index < -0.39 is 0 Å². The van der Waals surface area contributed by atoms with Gasteiger partial charge in [0.2, 0.25) is 11.8 Å². The average molecular weight is 276 g/mol. The molecule has 1 unspecified atom stereocenters. The van der Waals surface area contributed by atoms with Crippen LogP contribution in [0.15, 0.2) is 18.2 Å². The summed E-state index contributed by atoms with van der Waals surface area (Å²) in [6, 6.07) is 5.70. The highest BCUT2D eigenvalue weighted by Crippen LogP contribution is 2.34. The molecule has 108 valence electrons. The molecular weight excluding hydrogens is 256 g/mol. The van der Waals surface area contributed by atoms with Crippen molar-refractivity contribution in [3.63, 3.8) is 0 Å². The van der Waals surface area contributed by atoms with E-state index >= 15 is 0 Å². The fraction of sp³-hybridized carbons (Fsp3) is 0.467. The first-order chi connectivity index (χ1) is 9.43. The summed E-state index contributed by atoms with van der Waals surface area (Å²) in [6.07, 6.45) is 0.258. The molecule has 0 spiro atoms. The van der Waals surface area contributed by atoms with Crippen molar-refractivity contribution in [1.82, 2.24) is 4.90 Å². The van der Waals surface area contributed by atoms with Gasteiger partial charge in [0.25, 0.3) is 0 Å². The van der Waals surface area contributed by atoms with Crippen molar-refractivity contribution in [3.8, 4) is 5.75 Å². The number of nitrogens with zero attached hydrogens (tertiary/aromatic N) is 2. The number of anilines is 1. The Labute approximate surface area is 119 Å². The third-order valence-electron chi connectivity index (χ3n) is 3.54. The summed E-state index contributed by atoms with van der Waals surface area (Å²) < 4.78 is 5.32. The number of carbonyl (C=O) groups is 2. The van der Waals surface area contributed by atoms with E-state index in [0.717, 1.165) is 11.3 Å². The number of hydrogen-bond donors (Lipinski definition) is 0. The summed E-state index contributed by atoms with van der Waals surface area (Å²) in [5.74, 6) is 0.339. The Morgan fingerprint density at radius 3 is 2.70 bits per heavy atom. The van der Waals surface area contributed by atoms with Crippen LogP contribution in [0.3, 0.4) is 0 Å². The van der Waals surface area contributed by atoms with Gasteiger partial charge in [0.05, 0.1) is 18.7 Å². The largest absolute Gasteiger partial charge is 0.495 e. The molecular formula is C15H20N2O3. The molecule has 1 heterocycles. The van der Waals surface area contributed by atoms with Gasteiger partial charge in [0.1, 0.15) is 5.75 Å². The van der Waals surface area contributed by atoms with Gasteiger partial charge >= 0.3 is 0 Å². The highest BCUT2D eigenvalue weighted by molar-refractivity contribution is 6.01. The maximum Gasteiger partial charge on any atom is 0.227 e. The first-order valence-corrected chi connectivity index (χ1v) is 6.60. The number of carbonyl (C=O) groups excluding carboxylic acids is 2. The summed E-state index contributed by atoms with van der Waals surface area (Å²) in [4.78, 5) is 27.4. The van der Waals surface area contributed by atoms with Crippen molar-refractivity contribution in [1.29, 1.82) is 0 Å². The second kappa shape index (κ2) is 5.53. The van der Waals surface area contributed by atoms with Gasteiger partial charge in [-0.2, -0.15) is 0 Å². The average Bonchev–Trinajstić information content (AvgIpc) is 2.79. The van der Waals surface area contributed by atoms with Crippen molar-refractivity contribution in [2.45, 2.75) is 13.3 Å². The molecule has 2 amide bonds. The van der Waals surface area contributed by atoms with Crippen LogP contribution in [0, 0.1) is 12.8 Å². The molecule has 1 aliphatic heterocycles. The molecule has 1 saturated heterocycles. The molecule has 1 aromatic rings. The SMILES string of the molecule is COc1ccc(C)cc1N1CC(C(=O)N(C)C)CC1=O. The van der Waals surface area contributed by atoms with Crippen LogP contribution in [-0.4, -0.2) is 44.5 Å². The highest BCUT2D eigenvalue weighted by Gasteiger charge is 2.36. The standard InChI is InChI=1S/C15H20N2O3/c1-10-5-6-13(20-4)12(7-10)17-9-11(8-14(17)18)15(19)16(2)3/h5-7,11H,8-9H2,1-4H3. The van der Waals surface area contributed by atoms with Gasteiger partial charge in [-0.25, -0.2) is 0 Å². The predicted octanol–water partition coefficient (Wildman–Crippen LogP) is 1.44. The lowest BCUT2D eigenvalue weighted by Gasteiger charge is -2.21. The first kappa shape index (κ1) is 14.4. The Morgan fingerprint density at radius 2 is 2.10 bits per heavy atom. The van der Waals surface area contributed by atoms with Gasteiger partial charge in [-0.1, -0.05) is 6.07 Å². The van der Waals surface area contributed by atoms with E-state index in [9.17, 15) is 9.59 Å². The van der Waals surface area contributed by atoms with E-state index in [-0.39, 0.29) is 24.2 Å². The Bertz CT molecular complexity index is 540. The minimum absolute atomic E-state index is 0.00697. The summed E-state index contributed by atoms with van der Waals surface area (Å²) in [7, 11) is 5.00. The third-order valence-corrected chi connectivity index (χ3v) is 3.54. The maximum absolute atomic E-state index is 12.2.